The molecule has 134 valence electrons. The van der Waals surface area contributed by atoms with Crippen LogP contribution >= 0.6 is 23.2 Å². The molecule has 0 saturated heterocycles. The van der Waals surface area contributed by atoms with Gasteiger partial charge in [-0.3, -0.25) is 9.10 Å². The van der Waals surface area contributed by atoms with Gasteiger partial charge < -0.3 is 10.1 Å². The Hall–Kier alpha value is -1.96. The fourth-order valence-corrected chi connectivity index (χ4v) is 3.38. The fraction of sp³-hybridized carbons (Fsp3) is 0.188. The number of hydrogen-bond donors (Lipinski definition) is 1. The number of halogens is 2. The van der Waals surface area contributed by atoms with E-state index >= 15 is 0 Å². The van der Waals surface area contributed by atoms with Crippen LogP contribution in [0.25, 0.3) is 0 Å². The molecule has 1 N–H and O–H groups in total. The average Bonchev–Trinajstić information content (AvgIpc) is 2.55. The Morgan fingerprint density at radius 3 is 2.36 bits per heavy atom. The van der Waals surface area contributed by atoms with E-state index in [9.17, 15) is 13.2 Å². The monoisotopic (exact) mass is 402 g/mol. The van der Waals surface area contributed by atoms with E-state index in [1.54, 1.807) is 30.3 Å². The summed E-state index contributed by atoms with van der Waals surface area (Å²) >= 11 is 12.0. The predicted molar refractivity (Wildman–Crippen MR) is 100 cm³/mol. The first-order chi connectivity index (χ1) is 11.7. The maximum atomic E-state index is 12.3. The molecule has 25 heavy (non-hydrogen) atoms. The minimum atomic E-state index is -3.75. The van der Waals surface area contributed by atoms with Gasteiger partial charge in [-0.25, -0.2) is 8.42 Å². The molecular formula is C16H16Cl2N2O4S. The van der Waals surface area contributed by atoms with Gasteiger partial charge >= 0.3 is 0 Å². The number of hydrogen-bond acceptors (Lipinski definition) is 4. The van der Waals surface area contributed by atoms with Gasteiger partial charge in [-0.15, -0.1) is 0 Å². The van der Waals surface area contributed by atoms with Crippen molar-refractivity contribution in [3.05, 3.63) is 52.5 Å². The van der Waals surface area contributed by atoms with Crippen molar-refractivity contribution < 1.29 is 17.9 Å². The number of anilines is 2. The molecule has 0 atom stereocenters. The van der Waals surface area contributed by atoms with E-state index in [0.29, 0.717) is 11.4 Å². The van der Waals surface area contributed by atoms with Crippen LogP contribution in [0.4, 0.5) is 11.4 Å². The smallest absolute Gasteiger partial charge is 0.245 e. The number of rotatable bonds is 6. The topological polar surface area (TPSA) is 75.7 Å². The van der Waals surface area contributed by atoms with Crippen molar-refractivity contribution >= 4 is 50.5 Å². The van der Waals surface area contributed by atoms with Gasteiger partial charge in [0.2, 0.25) is 15.9 Å². The third-order valence-corrected chi connectivity index (χ3v) is 5.20. The molecule has 0 aromatic heterocycles. The van der Waals surface area contributed by atoms with E-state index in [1.165, 1.54) is 19.2 Å². The second kappa shape index (κ2) is 7.95. The van der Waals surface area contributed by atoms with Crippen LogP contribution in [0, 0.1) is 0 Å². The number of ether oxygens (including phenoxy) is 1. The second-order valence-corrected chi connectivity index (χ2v) is 7.81. The summed E-state index contributed by atoms with van der Waals surface area (Å²) in [5.41, 5.74) is 0.651. The lowest BCUT2D eigenvalue weighted by atomic mass is 10.3. The summed E-state index contributed by atoms with van der Waals surface area (Å²) in [5.74, 6) is 0.119. The molecule has 0 saturated carbocycles. The van der Waals surface area contributed by atoms with Crippen LogP contribution in [0.15, 0.2) is 42.5 Å². The molecule has 0 aliphatic heterocycles. The minimum absolute atomic E-state index is 0.0619. The first-order valence-corrected chi connectivity index (χ1v) is 9.68. The summed E-state index contributed by atoms with van der Waals surface area (Å²) in [5, 5.41) is 2.88. The van der Waals surface area contributed by atoms with Gasteiger partial charge in [0.15, 0.2) is 0 Å². The Morgan fingerprint density at radius 1 is 1.16 bits per heavy atom. The summed E-state index contributed by atoms with van der Waals surface area (Å²) < 4.78 is 30.1. The van der Waals surface area contributed by atoms with Crippen molar-refractivity contribution in [1.29, 1.82) is 0 Å². The summed E-state index contributed by atoms with van der Waals surface area (Å²) in [6.45, 7) is -0.440. The number of carbonyl (C=O) groups is 1. The molecule has 0 spiro atoms. The van der Waals surface area contributed by atoms with Gasteiger partial charge in [0, 0.05) is 5.69 Å². The highest BCUT2D eigenvalue weighted by Gasteiger charge is 2.24. The maximum absolute atomic E-state index is 12.3. The Kier molecular flexibility index (Phi) is 6.16. The van der Waals surface area contributed by atoms with Crippen LogP contribution in [0.3, 0.4) is 0 Å². The van der Waals surface area contributed by atoms with Crippen LogP contribution in [0.5, 0.6) is 5.75 Å². The van der Waals surface area contributed by atoms with Crippen LogP contribution in [-0.2, 0) is 14.8 Å². The largest absolute Gasteiger partial charge is 0.497 e. The number of methoxy groups -OCH3 is 1. The summed E-state index contributed by atoms with van der Waals surface area (Å²) in [4.78, 5) is 12.3. The van der Waals surface area contributed by atoms with Crippen molar-refractivity contribution in [1.82, 2.24) is 0 Å². The Bertz CT molecular complexity index is 870. The zero-order valence-electron chi connectivity index (χ0n) is 13.5. The lowest BCUT2D eigenvalue weighted by Crippen LogP contribution is -2.37. The third-order valence-electron chi connectivity index (χ3n) is 3.26. The van der Waals surface area contributed by atoms with Crippen molar-refractivity contribution in [3.63, 3.8) is 0 Å². The zero-order chi connectivity index (χ0) is 18.6. The molecule has 6 nitrogen and oxygen atoms in total. The Balaban J connectivity index is 2.22. The normalized spacial score (nSPS) is 11.0. The standard InChI is InChI=1S/C16H16Cl2N2O4S/c1-24-12-8-6-11(7-9-12)19-15(21)10-20(25(2,22)23)14-5-3-4-13(17)16(14)18/h3-9H,10H2,1-2H3,(H,19,21). The minimum Gasteiger partial charge on any atom is -0.497 e. The fourth-order valence-electron chi connectivity index (χ4n) is 2.07. The maximum Gasteiger partial charge on any atom is 0.245 e. The molecule has 0 aliphatic rings. The molecule has 2 aromatic carbocycles. The zero-order valence-corrected chi connectivity index (χ0v) is 15.8. The lowest BCUT2D eigenvalue weighted by molar-refractivity contribution is -0.114. The molecule has 0 fully saturated rings. The summed E-state index contributed by atoms with van der Waals surface area (Å²) in [6, 6.07) is 11.2. The van der Waals surface area contributed by atoms with Gasteiger partial charge in [-0.05, 0) is 36.4 Å². The molecule has 0 bridgehead atoms. The van der Waals surface area contributed by atoms with Gasteiger partial charge in [-0.2, -0.15) is 0 Å². The number of sulfonamides is 1. The van der Waals surface area contributed by atoms with Crippen molar-refractivity contribution in [2.45, 2.75) is 0 Å². The van der Waals surface area contributed by atoms with E-state index in [4.69, 9.17) is 27.9 Å². The highest BCUT2D eigenvalue weighted by Crippen LogP contribution is 2.33. The number of nitrogens with zero attached hydrogens (tertiary/aromatic N) is 1. The molecule has 0 radical (unpaired) electrons. The van der Waals surface area contributed by atoms with Crippen LogP contribution in [0.1, 0.15) is 0 Å². The first-order valence-electron chi connectivity index (χ1n) is 7.08. The first kappa shape index (κ1) is 19.4. The van der Waals surface area contributed by atoms with Crippen LogP contribution in [-0.4, -0.2) is 34.2 Å². The van der Waals surface area contributed by atoms with Crippen molar-refractivity contribution in [2.24, 2.45) is 0 Å². The lowest BCUT2D eigenvalue weighted by Gasteiger charge is -2.23. The molecule has 9 heteroatoms. The Labute approximate surface area is 156 Å². The van der Waals surface area contributed by atoms with Gasteiger partial charge in [0.1, 0.15) is 12.3 Å². The number of carbonyl (C=O) groups excluding carboxylic acids is 1. The summed E-state index contributed by atoms with van der Waals surface area (Å²) in [7, 11) is -2.21. The molecule has 1 amide bonds. The number of nitrogens with one attached hydrogen (secondary N) is 1. The van der Waals surface area contributed by atoms with Crippen molar-refractivity contribution in [2.75, 3.05) is 29.5 Å². The molecular weight excluding hydrogens is 387 g/mol. The molecule has 2 rings (SSSR count). The van der Waals surface area contributed by atoms with Crippen LogP contribution in [0.2, 0.25) is 10.0 Å². The SMILES string of the molecule is COc1ccc(NC(=O)CN(c2cccc(Cl)c2Cl)S(C)(=O)=O)cc1. The molecule has 0 heterocycles. The number of amides is 1. The average molecular weight is 403 g/mol. The van der Waals surface area contributed by atoms with E-state index in [1.807, 2.05) is 0 Å². The summed E-state index contributed by atoms with van der Waals surface area (Å²) in [6.07, 6.45) is 0.991. The quantitative estimate of drug-likeness (QED) is 0.802. The molecule has 2 aromatic rings. The van der Waals surface area contributed by atoms with E-state index in [0.717, 1.165) is 10.6 Å². The Morgan fingerprint density at radius 2 is 1.80 bits per heavy atom. The number of benzene rings is 2. The van der Waals surface area contributed by atoms with Gasteiger partial charge in [0.25, 0.3) is 0 Å². The second-order valence-electron chi connectivity index (χ2n) is 5.12. The highest BCUT2D eigenvalue weighted by atomic mass is 35.5. The van der Waals surface area contributed by atoms with E-state index in [-0.39, 0.29) is 15.7 Å². The van der Waals surface area contributed by atoms with Crippen molar-refractivity contribution in [3.8, 4) is 5.75 Å². The molecule has 0 unspecified atom stereocenters. The van der Waals surface area contributed by atoms with Gasteiger partial charge in [0.05, 0.1) is 29.1 Å². The molecule has 0 aliphatic carbocycles. The van der Waals surface area contributed by atoms with E-state index in [2.05, 4.69) is 5.32 Å². The highest BCUT2D eigenvalue weighted by molar-refractivity contribution is 7.92. The predicted octanol–water partition coefficient (Wildman–Crippen LogP) is 3.41. The van der Waals surface area contributed by atoms with E-state index < -0.39 is 22.5 Å². The van der Waals surface area contributed by atoms with Gasteiger partial charge in [-0.1, -0.05) is 29.3 Å². The van der Waals surface area contributed by atoms with Crippen LogP contribution < -0.4 is 14.4 Å². The third kappa shape index (κ3) is 5.01.